The first kappa shape index (κ1) is 17.8. The summed E-state index contributed by atoms with van der Waals surface area (Å²) >= 11 is 0. The average molecular weight is 266 g/mol. The standard InChI is InChI=1S/C12H26O6/c1-11(2)17-7-6-16-10-12(9-14)18-8-5-15-4-3-13/h11-14H,3-10H2,1-2H3. The third-order valence-electron chi connectivity index (χ3n) is 2.00. The molecule has 110 valence electrons. The minimum absolute atomic E-state index is 0.00237. The van der Waals surface area contributed by atoms with E-state index in [9.17, 15) is 0 Å². The molecular formula is C12H26O6. The van der Waals surface area contributed by atoms with Gasteiger partial charge in [-0.3, -0.25) is 0 Å². The summed E-state index contributed by atoms with van der Waals surface area (Å²) in [5.74, 6) is 0. The molecule has 0 aromatic carbocycles. The van der Waals surface area contributed by atoms with E-state index in [1.54, 1.807) is 0 Å². The van der Waals surface area contributed by atoms with Gasteiger partial charge in [0.15, 0.2) is 0 Å². The predicted molar refractivity (Wildman–Crippen MR) is 66.6 cm³/mol. The van der Waals surface area contributed by atoms with E-state index in [-0.39, 0.29) is 25.4 Å². The van der Waals surface area contributed by atoms with Gasteiger partial charge >= 0.3 is 0 Å². The molecule has 1 unspecified atom stereocenters. The van der Waals surface area contributed by atoms with Gasteiger partial charge in [0.1, 0.15) is 6.10 Å². The number of hydrogen-bond donors (Lipinski definition) is 2. The molecule has 0 fully saturated rings. The Morgan fingerprint density at radius 2 is 1.50 bits per heavy atom. The maximum absolute atomic E-state index is 9.06. The van der Waals surface area contributed by atoms with Crippen LogP contribution in [0.15, 0.2) is 0 Å². The van der Waals surface area contributed by atoms with Crippen LogP contribution in [0.5, 0.6) is 0 Å². The van der Waals surface area contributed by atoms with Crippen LogP contribution in [0.1, 0.15) is 13.8 Å². The van der Waals surface area contributed by atoms with E-state index in [1.165, 1.54) is 0 Å². The molecule has 0 aromatic rings. The lowest BCUT2D eigenvalue weighted by Gasteiger charge is -2.16. The van der Waals surface area contributed by atoms with E-state index in [0.717, 1.165) is 0 Å². The lowest BCUT2D eigenvalue weighted by Crippen LogP contribution is -2.27. The van der Waals surface area contributed by atoms with Gasteiger partial charge in [-0.15, -0.1) is 0 Å². The van der Waals surface area contributed by atoms with E-state index in [0.29, 0.717) is 39.6 Å². The van der Waals surface area contributed by atoms with Gasteiger partial charge in [0, 0.05) is 0 Å². The van der Waals surface area contributed by atoms with Crippen molar-refractivity contribution in [3.8, 4) is 0 Å². The van der Waals surface area contributed by atoms with Crippen LogP contribution in [-0.4, -0.2) is 75.3 Å². The Hall–Kier alpha value is -0.240. The molecule has 0 rings (SSSR count). The highest BCUT2D eigenvalue weighted by Crippen LogP contribution is 1.94. The summed E-state index contributed by atoms with van der Waals surface area (Å²) in [5.41, 5.74) is 0. The highest BCUT2D eigenvalue weighted by Gasteiger charge is 2.07. The van der Waals surface area contributed by atoms with Crippen LogP contribution in [0.3, 0.4) is 0 Å². The first-order chi connectivity index (χ1) is 8.70. The van der Waals surface area contributed by atoms with Crippen molar-refractivity contribution in [1.29, 1.82) is 0 Å². The maximum Gasteiger partial charge on any atom is 0.104 e. The monoisotopic (exact) mass is 266 g/mol. The molecule has 6 nitrogen and oxygen atoms in total. The number of ether oxygens (including phenoxy) is 4. The molecule has 0 aliphatic heterocycles. The van der Waals surface area contributed by atoms with Crippen molar-refractivity contribution in [2.24, 2.45) is 0 Å². The summed E-state index contributed by atoms with van der Waals surface area (Å²) in [6.45, 7) is 6.26. The Balaban J connectivity index is 3.35. The van der Waals surface area contributed by atoms with Crippen LogP contribution in [0.2, 0.25) is 0 Å². The molecule has 18 heavy (non-hydrogen) atoms. The van der Waals surface area contributed by atoms with Crippen molar-refractivity contribution in [2.75, 3.05) is 52.9 Å². The molecule has 0 bridgehead atoms. The SMILES string of the molecule is CC(C)OCCOCC(CO)OCCOCCO. The third kappa shape index (κ3) is 12.2. The van der Waals surface area contributed by atoms with Crippen LogP contribution in [-0.2, 0) is 18.9 Å². The minimum atomic E-state index is -0.346. The van der Waals surface area contributed by atoms with Gasteiger partial charge in [0.2, 0.25) is 0 Å². The molecule has 0 aliphatic carbocycles. The predicted octanol–water partition coefficient (Wildman–Crippen LogP) is -0.186. The second-order valence-corrected chi connectivity index (χ2v) is 4.01. The lowest BCUT2D eigenvalue weighted by atomic mass is 10.4. The van der Waals surface area contributed by atoms with Crippen molar-refractivity contribution >= 4 is 0 Å². The van der Waals surface area contributed by atoms with Crippen LogP contribution < -0.4 is 0 Å². The van der Waals surface area contributed by atoms with Gasteiger partial charge in [-0.05, 0) is 13.8 Å². The Morgan fingerprint density at radius 1 is 0.833 bits per heavy atom. The van der Waals surface area contributed by atoms with Crippen LogP contribution in [0, 0.1) is 0 Å². The maximum atomic E-state index is 9.06. The second-order valence-electron chi connectivity index (χ2n) is 4.01. The lowest BCUT2D eigenvalue weighted by molar-refractivity contribution is -0.0697. The normalized spacial score (nSPS) is 13.2. The molecule has 0 aliphatic rings. The largest absolute Gasteiger partial charge is 0.394 e. The number of hydrogen-bond acceptors (Lipinski definition) is 6. The Kier molecular flexibility index (Phi) is 13.0. The summed E-state index contributed by atoms with van der Waals surface area (Å²) < 4.78 is 21.0. The van der Waals surface area contributed by atoms with E-state index < -0.39 is 0 Å². The first-order valence-electron chi connectivity index (χ1n) is 6.31. The minimum Gasteiger partial charge on any atom is -0.394 e. The zero-order valence-corrected chi connectivity index (χ0v) is 11.3. The fourth-order valence-corrected chi connectivity index (χ4v) is 1.15. The van der Waals surface area contributed by atoms with Crippen molar-refractivity contribution in [2.45, 2.75) is 26.1 Å². The van der Waals surface area contributed by atoms with Crippen molar-refractivity contribution in [3.05, 3.63) is 0 Å². The van der Waals surface area contributed by atoms with E-state index in [2.05, 4.69) is 0 Å². The number of aliphatic hydroxyl groups excluding tert-OH is 2. The molecule has 2 N–H and O–H groups in total. The summed E-state index contributed by atoms with van der Waals surface area (Å²) in [6.07, 6.45) is -0.149. The zero-order valence-electron chi connectivity index (χ0n) is 11.3. The van der Waals surface area contributed by atoms with Gasteiger partial charge in [0.05, 0.1) is 59.0 Å². The zero-order chi connectivity index (χ0) is 13.6. The third-order valence-corrected chi connectivity index (χ3v) is 2.00. The molecule has 0 amide bonds. The Bertz CT molecular complexity index is 165. The fraction of sp³-hybridized carbons (Fsp3) is 1.00. The van der Waals surface area contributed by atoms with E-state index in [4.69, 9.17) is 29.2 Å². The summed E-state index contributed by atoms with van der Waals surface area (Å²) in [5, 5.41) is 17.5. The smallest absolute Gasteiger partial charge is 0.104 e. The molecule has 0 saturated carbocycles. The van der Waals surface area contributed by atoms with Gasteiger partial charge in [-0.25, -0.2) is 0 Å². The first-order valence-corrected chi connectivity index (χ1v) is 6.31. The molecular weight excluding hydrogens is 240 g/mol. The quantitative estimate of drug-likeness (QED) is 0.450. The molecule has 1 atom stereocenters. The Labute approximate surface area is 109 Å². The van der Waals surface area contributed by atoms with Gasteiger partial charge < -0.3 is 29.2 Å². The fourth-order valence-electron chi connectivity index (χ4n) is 1.15. The molecule has 0 heterocycles. The van der Waals surface area contributed by atoms with E-state index in [1.807, 2.05) is 13.8 Å². The molecule has 6 heteroatoms. The number of aliphatic hydroxyl groups is 2. The molecule has 0 saturated heterocycles. The molecule has 0 aromatic heterocycles. The van der Waals surface area contributed by atoms with Crippen molar-refractivity contribution in [1.82, 2.24) is 0 Å². The number of rotatable bonds is 13. The average Bonchev–Trinajstić information content (AvgIpc) is 2.35. The van der Waals surface area contributed by atoms with Gasteiger partial charge in [0.25, 0.3) is 0 Å². The van der Waals surface area contributed by atoms with Crippen molar-refractivity contribution < 1.29 is 29.2 Å². The topological polar surface area (TPSA) is 77.4 Å². The van der Waals surface area contributed by atoms with E-state index >= 15 is 0 Å². The molecule has 0 radical (unpaired) electrons. The summed E-state index contributed by atoms with van der Waals surface area (Å²) in [4.78, 5) is 0. The van der Waals surface area contributed by atoms with Gasteiger partial charge in [-0.2, -0.15) is 0 Å². The van der Waals surface area contributed by atoms with Crippen LogP contribution >= 0.6 is 0 Å². The Morgan fingerprint density at radius 3 is 2.11 bits per heavy atom. The highest BCUT2D eigenvalue weighted by molar-refractivity contribution is 4.53. The highest BCUT2D eigenvalue weighted by atomic mass is 16.6. The second kappa shape index (κ2) is 13.2. The summed E-state index contributed by atoms with van der Waals surface area (Å²) in [7, 11) is 0. The van der Waals surface area contributed by atoms with Crippen LogP contribution in [0.4, 0.5) is 0 Å². The van der Waals surface area contributed by atoms with Crippen LogP contribution in [0.25, 0.3) is 0 Å². The van der Waals surface area contributed by atoms with Crippen molar-refractivity contribution in [3.63, 3.8) is 0 Å². The molecule has 0 spiro atoms. The van der Waals surface area contributed by atoms with Gasteiger partial charge in [-0.1, -0.05) is 0 Å². The summed E-state index contributed by atoms with van der Waals surface area (Å²) in [6, 6.07) is 0.